The molecule has 100 valence electrons. The second-order valence-corrected chi connectivity index (χ2v) is 5.33. The fourth-order valence-corrected chi connectivity index (χ4v) is 1.54. The van der Waals surface area contributed by atoms with Gasteiger partial charge in [-0.05, 0) is 30.2 Å². The second-order valence-electron chi connectivity index (χ2n) is 5.33. The van der Waals surface area contributed by atoms with Crippen molar-refractivity contribution in [2.75, 3.05) is 13.7 Å². The van der Waals surface area contributed by atoms with Crippen LogP contribution in [0.3, 0.4) is 0 Å². The van der Waals surface area contributed by atoms with Crippen LogP contribution >= 0.6 is 0 Å². The molecule has 1 aromatic rings. The Hall–Kier alpha value is -1.55. The van der Waals surface area contributed by atoms with Crippen molar-refractivity contribution in [2.24, 2.45) is 5.73 Å². The number of nitrogens with one attached hydrogen (secondary N) is 1. The predicted octanol–water partition coefficient (Wildman–Crippen LogP) is 1.44. The lowest BCUT2D eigenvalue weighted by Gasteiger charge is -2.20. The topological polar surface area (TPSA) is 64.3 Å². The van der Waals surface area contributed by atoms with E-state index >= 15 is 0 Å². The molecule has 3 N–H and O–H groups in total. The van der Waals surface area contributed by atoms with Gasteiger partial charge in [-0.25, -0.2) is 0 Å². The lowest BCUT2D eigenvalue weighted by Crippen LogP contribution is -2.43. The van der Waals surface area contributed by atoms with Gasteiger partial charge in [0.1, 0.15) is 18.4 Å². The predicted molar refractivity (Wildman–Crippen MR) is 72.7 cm³/mol. The maximum Gasteiger partial charge on any atom is 0.238 e. The Morgan fingerprint density at radius 2 is 2.11 bits per heavy atom. The molecule has 0 saturated carbocycles. The molecule has 4 nitrogen and oxygen atoms in total. The second kappa shape index (κ2) is 5.87. The van der Waals surface area contributed by atoms with Crippen LogP contribution in [0.4, 0.5) is 0 Å². The molecule has 0 aliphatic heterocycles. The van der Waals surface area contributed by atoms with E-state index in [-0.39, 0.29) is 12.0 Å². The summed E-state index contributed by atoms with van der Waals surface area (Å²) in [5.41, 5.74) is 6.50. The standard InChI is InChI=1S/C14H22N2O2/c1-14(2,3)10-6-5-7-11(8-10)18-9-12(16-4)13(15)17/h5-8,12,16H,9H2,1-4H3,(H2,15,17). The summed E-state index contributed by atoms with van der Waals surface area (Å²) in [6.45, 7) is 6.67. The third-order valence-electron chi connectivity index (χ3n) is 2.81. The first-order valence-corrected chi connectivity index (χ1v) is 6.04. The molecule has 1 aromatic carbocycles. The third kappa shape index (κ3) is 4.04. The number of carbonyl (C=O) groups excluding carboxylic acids is 1. The van der Waals surface area contributed by atoms with Crippen LogP contribution in [0.1, 0.15) is 26.3 Å². The molecule has 0 saturated heterocycles. The lowest BCUT2D eigenvalue weighted by molar-refractivity contribution is -0.120. The number of benzene rings is 1. The van der Waals surface area contributed by atoms with E-state index in [9.17, 15) is 4.79 Å². The number of amides is 1. The van der Waals surface area contributed by atoms with E-state index < -0.39 is 11.9 Å². The van der Waals surface area contributed by atoms with Crippen molar-refractivity contribution >= 4 is 5.91 Å². The highest BCUT2D eigenvalue weighted by Gasteiger charge is 2.16. The maximum atomic E-state index is 11.1. The zero-order valence-electron chi connectivity index (χ0n) is 11.5. The highest BCUT2D eigenvalue weighted by molar-refractivity contribution is 5.79. The minimum absolute atomic E-state index is 0.0749. The fourth-order valence-electron chi connectivity index (χ4n) is 1.54. The van der Waals surface area contributed by atoms with Crippen LogP contribution in [0.5, 0.6) is 5.75 Å². The summed E-state index contributed by atoms with van der Waals surface area (Å²) in [6, 6.07) is 7.42. The molecule has 0 bridgehead atoms. The van der Waals surface area contributed by atoms with Crippen molar-refractivity contribution in [3.05, 3.63) is 29.8 Å². The van der Waals surface area contributed by atoms with Crippen molar-refractivity contribution in [3.63, 3.8) is 0 Å². The molecule has 0 radical (unpaired) electrons. The Kier molecular flexibility index (Phi) is 4.73. The Morgan fingerprint density at radius 3 is 2.61 bits per heavy atom. The van der Waals surface area contributed by atoms with Gasteiger partial charge in [-0.15, -0.1) is 0 Å². The van der Waals surface area contributed by atoms with Gasteiger partial charge in [0.15, 0.2) is 0 Å². The molecule has 1 unspecified atom stereocenters. The van der Waals surface area contributed by atoms with Crippen molar-refractivity contribution in [1.82, 2.24) is 5.32 Å². The van der Waals surface area contributed by atoms with Crippen molar-refractivity contribution < 1.29 is 9.53 Å². The molecule has 1 amide bonds. The van der Waals surface area contributed by atoms with Crippen LogP contribution in [-0.2, 0) is 10.2 Å². The minimum atomic E-state index is -0.469. The first-order valence-electron chi connectivity index (χ1n) is 6.04. The SMILES string of the molecule is CNC(COc1cccc(C(C)(C)C)c1)C(N)=O. The molecule has 0 fully saturated rings. The molecule has 18 heavy (non-hydrogen) atoms. The lowest BCUT2D eigenvalue weighted by atomic mass is 9.87. The number of hydrogen-bond acceptors (Lipinski definition) is 3. The van der Waals surface area contributed by atoms with Gasteiger partial charge in [0, 0.05) is 0 Å². The highest BCUT2D eigenvalue weighted by atomic mass is 16.5. The van der Waals surface area contributed by atoms with Gasteiger partial charge in [-0.1, -0.05) is 32.9 Å². The summed E-state index contributed by atoms with van der Waals surface area (Å²) in [6.07, 6.45) is 0. The van der Waals surface area contributed by atoms with Crippen LogP contribution in [0.2, 0.25) is 0 Å². The Morgan fingerprint density at radius 1 is 1.44 bits per heavy atom. The van der Waals surface area contributed by atoms with Crippen molar-refractivity contribution in [1.29, 1.82) is 0 Å². The van der Waals surface area contributed by atoms with Crippen LogP contribution in [-0.4, -0.2) is 25.6 Å². The average Bonchev–Trinajstić information content (AvgIpc) is 2.28. The number of ether oxygens (including phenoxy) is 1. The molecule has 1 rings (SSSR count). The molecular weight excluding hydrogens is 228 g/mol. The summed E-state index contributed by atoms with van der Waals surface area (Å²) >= 11 is 0. The Labute approximate surface area is 109 Å². The molecule has 1 atom stereocenters. The smallest absolute Gasteiger partial charge is 0.238 e. The van der Waals surface area contributed by atoms with E-state index in [2.05, 4.69) is 32.2 Å². The molecule has 0 spiro atoms. The number of carbonyl (C=O) groups is 1. The van der Waals surface area contributed by atoms with Crippen LogP contribution < -0.4 is 15.8 Å². The summed E-state index contributed by atoms with van der Waals surface area (Å²) in [5, 5.41) is 2.82. The summed E-state index contributed by atoms with van der Waals surface area (Å²) in [5.74, 6) is 0.341. The monoisotopic (exact) mass is 250 g/mol. The largest absolute Gasteiger partial charge is 0.491 e. The normalized spacial score (nSPS) is 13.1. The zero-order chi connectivity index (χ0) is 13.8. The molecule has 4 heteroatoms. The summed E-state index contributed by atoms with van der Waals surface area (Å²) < 4.78 is 5.59. The van der Waals surface area contributed by atoms with Gasteiger partial charge in [0.05, 0.1) is 0 Å². The van der Waals surface area contributed by atoms with Gasteiger partial charge in [0.2, 0.25) is 5.91 Å². The molecule has 0 heterocycles. The van der Waals surface area contributed by atoms with Gasteiger partial charge in [0.25, 0.3) is 0 Å². The molecular formula is C14H22N2O2. The van der Waals surface area contributed by atoms with Gasteiger partial charge >= 0.3 is 0 Å². The zero-order valence-corrected chi connectivity index (χ0v) is 11.5. The Bertz CT molecular complexity index is 411. The average molecular weight is 250 g/mol. The fraction of sp³-hybridized carbons (Fsp3) is 0.500. The molecule has 0 aliphatic carbocycles. The van der Waals surface area contributed by atoms with E-state index in [4.69, 9.17) is 10.5 Å². The molecule has 0 aliphatic rings. The number of primary amides is 1. The van der Waals surface area contributed by atoms with Gasteiger partial charge in [-0.3, -0.25) is 4.79 Å². The number of likely N-dealkylation sites (N-methyl/N-ethyl adjacent to an activating group) is 1. The summed E-state index contributed by atoms with van der Waals surface area (Å²) in [4.78, 5) is 11.1. The Balaban J connectivity index is 2.71. The maximum absolute atomic E-state index is 11.1. The molecule has 0 aromatic heterocycles. The van der Waals surface area contributed by atoms with Crippen molar-refractivity contribution in [2.45, 2.75) is 32.2 Å². The summed E-state index contributed by atoms with van der Waals surface area (Å²) in [7, 11) is 1.68. The van der Waals surface area contributed by atoms with E-state index in [1.165, 1.54) is 5.56 Å². The first-order chi connectivity index (χ1) is 8.34. The van der Waals surface area contributed by atoms with Crippen LogP contribution in [0.25, 0.3) is 0 Å². The minimum Gasteiger partial charge on any atom is -0.491 e. The highest BCUT2D eigenvalue weighted by Crippen LogP contribution is 2.25. The number of rotatable bonds is 5. The first kappa shape index (κ1) is 14.5. The van der Waals surface area contributed by atoms with Gasteiger partial charge < -0.3 is 15.8 Å². The van der Waals surface area contributed by atoms with Crippen molar-refractivity contribution in [3.8, 4) is 5.75 Å². The van der Waals surface area contributed by atoms with E-state index in [1.807, 2.05) is 18.2 Å². The van der Waals surface area contributed by atoms with E-state index in [0.29, 0.717) is 0 Å². The third-order valence-corrected chi connectivity index (χ3v) is 2.81. The van der Waals surface area contributed by atoms with E-state index in [0.717, 1.165) is 5.75 Å². The number of nitrogens with two attached hydrogens (primary N) is 1. The van der Waals surface area contributed by atoms with Crippen LogP contribution in [0, 0.1) is 0 Å². The van der Waals surface area contributed by atoms with Crippen LogP contribution in [0.15, 0.2) is 24.3 Å². The van der Waals surface area contributed by atoms with Gasteiger partial charge in [-0.2, -0.15) is 0 Å². The van der Waals surface area contributed by atoms with E-state index in [1.54, 1.807) is 7.05 Å². The quantitative estimate of drug-likeness (QED) is 0.831. The number of hydrogen-bond donors (Lipinski definition) is 2.